The van der Waals surface area contributed by atoms with Gasteiger partial charge in [-0.15, -0.1) is 0 Å². The number of nitrogens with one attached hydrogen (secondary N) is 6. The molecule has 1 aliphatic rings. The average Bonchev–Trinajstić information content (AvgIpc) is 3.99. The molecule has 81 heavy (non-hydrogen) atoms. The summed E-state index contributed by atoms with van der Waals surface area (Å²) in [5.41, 5.74) is 30.2. The molecule has 432 valence electrons. The summed E-state index contributed by atoms with van der Waals surface area (Å²) in [5, 5.41) is 25.5. The largest absolute Gasteiger partial charge is 0.508 e. The van der Waals surface area contributed by atoms with E-state index in [1.54, 1.807) is 84.9 Å². The minimum atomic E-state index is -1.73. The molecule has 0 spiro atoms. The van der Waals surface area contributed by atoms with E-state index in [9.17, 15) is 53.1 Å². The van der Waals surface area contributed by atoms with Crippen LogP contribution in [-0.4, -0.2) is 138 Å². The quantitative estimate of drug-likeness (QED) is 0.0151. The molecular formula is C56H71N13O12. The van der Waals surface area contributed by atoms with Gasteiger partial charge in [-0.3, -0.25) is 52.9 Å². The molecule has 10 amide bonds. The van der Waals surface area contributed by atoms with Gasteiger partial charge in [-0.1, -0.05) is 84.9 Å². The summed E-state index contributed by atoms with van der Waals surface area (Å²) < 4.78 is 5.28. The number of benzene rings is 4. The number of methoxy groups -OCH3 is 1. The lowest BCUT2D eigenvalue weighted by Gasteiger charge is -2.31. The number of amides is 10. The molecule has 4 aromatic rings. The van der Waals surface area contributed by atoms with Crippen LogP contribution in [0.2, 0.25) is 0 Å². The van der Waals surface area contributed by atoms with Gasteiger partial charge < -0.3 is 75.3 Å². The second-order valence-electron chi connectivity index (χ2n) is 19.4. The van der Waals surface area contributed by atoms with Crippen molar-refractivity contribution in [3.05, 3.63) is 131 Å². The molecule has 1 fully saturated rings. The highest BCUT2D eigenvalue weighted by molar-refractivity contribution is 5.99. The average molecular weight is 1120 g/mol. The predicted octanol–water partition coefficient (Wildman–Crippen LogP) is -1.75. The third-order valence-corrected chi connectivity index (χ3v) is 13.2. The van der Waals surface area contributed by atoms with E-state index in [0.29, 0.717) is 28.0 Å². The standard InChI is InChI=1S/C56H71N13O12/c1-81-38-22-18-36(19-23-38)30-42(63-48(73)31-34-12-6-3-7-13-34)52(77)67-43(29-33-10-4-2-5-11-33)53(78)64-40(24-25-46(57)71)51(76)68-44(32-47(58)72)55(80)69-27-9-15-45(69)54(79)65-39(14-8-26-62-56(60)61)50(75)66-41(49(59)74)28-35-16-20-37(70)21-17-35/h2-7,10-13,16-23,39-45,70H,8-9,14-15,24-32H2,1H3,(H2,57,71)(H2,58,72)(H2,59,74)(H,63,73)(H,64,78)(H,65,79)(H,66,75)(H,67,77)(H,68,76)(H4,60,61,62)/t39-,40-,41-,42-,43-,44-,45-/m0/s1. The summed E-state index contributed by atoms with van der Waals surface area (Å²) in [6.07, 6.45) is -1.45. The van der Waals surface area contributed by atoms with Crippen LogP contribution in [0.5, 0.6) is 11.5 Å². The molecule has 1 saturated heterocycles. The lowest BCUT2D eigenvalue weighted by molar-refractivity contribution is -0.143. The van der Waals surface area contributed by atoms with Crippen LogP contribution in [0, 0.1) is 0 Å². The molecule has 17 N–H and O–H groups in total. The van der Waals surface area contributed by atoms with E-state index in [-0.39, 0.29) is 76.2 Å². The summed E-state index contributed by atoms with van der Waals surface area (Å²) in [6.45, 7) is 0.0101. The summed E-state index contributed by atoms with van der Waals surface area (Å²) in [7, 11) is 1.50. The van der Waals surface area contributed by atoms with Crippen molar-refractivity contribution < 1.29 is 57.8 Å². The topological polar surface area (TPSA) is 418 Å². The van der Waals surface area contributed by atoms with Gasteiger partial charge in [-0.05, 0) is 78.6 Å². The molecule has 0 aromatic heterocycles. The molecule has 0 saturated carbocycles. The monoisotopic (exact) mass is 1120 g/mol. The van der Waals surface area contributed by atoms with Crippen LogP contribution in [0.15, 0.2) is 114 Å². The maximum atomic E-state index is 14.5. The second-order valence-corrected chi connectivity index (χ2v) is 19.4. The SMILES string of the molecule is COc1ccc(C[C@H](NC(=O)Cc2ccccc2)C(=O)N[C@@H](Cc2ccccc2)C(=O)N[C@@H](CCC(N)=O)C(=O)N[C@@H](CC(N)=O)C(=O)N2CCC[C@H]2C(=O)N[C@@H](CCCN=C(N)N)C(=O)N[C@@H](Cc2ccc(O)cc2)C(N)=O)cc1. The van der Waals surface area contributed by atoms with Crippen molar-refractivity contribution in [3.8, 4) is 11.5 Å². The van der Waals surface area contributed by atoms with Crippen molar-refractivity contribution in [2.24, 2.45) is 33.7 Å². The normalized spacial score (nSPS) is 14.9. The second kappa shape index (κ2) is 31.1. The van der Waals surface area contributed by atoms with E-state index < -0.39 is 121 Å². The summed E-state index contributed by atoms with van der Waals surface area (Å²) in [4.78, 5) is 142. The van der Waals surface area contributed by atoms with Crippen molar-refractivity contribution >= 4 is 65.0 Å². The van der Waals surface area contributed by atoms with Crippen LogP contribution in [-0.2, 0) is 73.6 Å². The van der Waals surface area contributed by atoms with Gasteiger partial charge in [-0.2, -0.15) is 0 Å². The number of rotatable bonds is 31. The first kappa shape index (κ1) is 62.3. The maximum Gasteiger partial charge on any atom is 0.246 e. The fourth-order valence-corrected chi connectivity index (χ4v) is 8.97. The van der Waals surface area contributed by atoms with E-state index in [0.717, 1.165) is 4.90 Å². The first-order chi connectivity index (χ1) is 38.7. The number of carbonyl (C=O) groups is 10. The molecule has 1 aliphatic heterocycles. The zero-order valence-electron chi connectivity index (χ0n) is 44.8. The minimum Gasteiger partial charge on any atom is -0.508 e. The number of guanidine groups is 1. The number of nitrogens with zero attached hydrogens (tertiary/aromatic N) is 2. The van der Waals surface area contributed by atoms with E-state index >= 15 is 0 Å². The van der Waals surface area contributed by atoms with Crippen LogP contribution >= 0.6 is 0 Å². The molecule has 0 bridgehead atoms. The number of aliphatic imine (C=N–C) groups is 1. The number of phenols is 1. The number of carbonyl (C=O) groups excluding carboxylic acids is 10. The van der Waals surface area contributed by atoms with E-state index in [4.69, 9.17) is 33.4 Å². The van der Waals surface area contributed by atoms with Crippen LogP contribution in [0.3, 0.4) is 0 Å². The fraction of sp³-hybridized carbons (Fsp3) is 0.375. The third-order valence-electron chi connectivity index (χ3n) is 13.2. The third kappa shape index (κ3) is 20.6. The van der Waals surface area contributed by atoms with Crippen LogP contribution < -0.4 is 65.3 Å². The molecule has 7 atom stereocenters. The van der Waals surface area contributed by atoms with Gasteiger partial charge in [0, 0.05) is 38.8 Å². The number of phenolic OH excluding ortho intramolecular Hbond substituents is 1. The Bertz CT molecular complexity index is 2850. The summed E-state index contributed by atoms with van der Waals surface area (Å²) >= 11 is 0. The van der Waals surface area contributed by atoms with Gasteiger partial charge in [0.1, 0.15) is 53.8 Å². The highest BCUT2D eigenvalue weighted by atomic mass is 16.5. The van der Waals surface area contributed by atoms with Gasteiger partial charge in [0.05, 0.1) is 20.0 Å². The Kier molecular flexibility index (Phi) is 24.0. The smallest absolute Gasteiger partial charge is 0.246 e. The Morgan fingerprint density at radius 2 is 1.07 bits per heavy atom. The van der Waals surface area contributed by atoms with Crippen molar-refractivity contribution in [3.63, 3.8) is 0 Å². The van der Waals surface area contributed by atoms with Crippen molar-refractivity contribution in [2.75, 3.05) is 20.2 Å². The van der Waals surface area contributed by atoms with Gasteiger partial charge in [0.15, 0.2) is 5.96 Å². The van der Waals surface area contributed by atoms with Crippen LogP contribution in [0.1, 0.15) is 67.2 Å². The highest BCUT2D eigenvalue weighted by Gasteiger charge is 2.41. The molecule has 25 nitrogen and oxygen atoms in total. The van der Waals surface area contributed by atoms with Gasteiger partial charge in [0.2, 0.25) is 59.1 Å². The molecule has 1 heterocycles. The first-order valence-electron chi connectivity index (χ1n) is 26.2. The predicted molar refractivity (Wildman–Crippen MR) is 296 cm³/mol. The molecule has 0 unspecified atom stereocenters. The van der Waals surface area contributed by atoms with Gasteiger partial charge in [-0.25, -0.2) is 0 Å². The van der Waals surface area contributed by atoms with Crippen LogP contribution in [0.4, 0.5) is 0 Å². The van der Waals surface area contributed by atoms with Crippen molar-refractivity contribution in [2.45, 2.75) is 113 Å². The zero-order chi connectivity index (χ0) is 59.0. The Balaban J connectivity index is 1.36. The molecule has 5 rings (SSSR count). The molecule has 0 radical (unpaired) electrons. The minimum absolute atomic E-state index is 0.00844. The summed E-state index contributed by atoms with van der Waals surface area (Å²) in [6, 6.07) is 20.3. The van der Waals surface area contributed by atoms with E-state index in [1.165, 1.54) is 31.4 Å². The number of ether oxygens (including phenoxy) is 1. The Hall–Kier alpha value is -9.55. The number of hydrogen-bond donors (Lipinski definition) is 12. The first-order valence-corrected chi connectivity index (χ1v) is 26.2. The number of likely N-dealkylation sites (tertiary alicyclic amines) is 1. The molecular weight excluding hydrogens is 1050 g/mol. The fourth-order valence-electron chi connectivity index (χ4n) is 8.97. The van der Waals surface area contributed by atoms with Crippen LogP contribution in [0.25, 0.3) is 0 Å². The number of primary amides is 3. The maximum absolute atomic E-state index is 14.5. The van der Waals surface area contributed by atoms with Crippen molar-refractivity contribution in [1.29, 1.82) is 0 Å². The summed E-state index contributed by atoms with van der Waals surface area (Å²) in [5.74, 6) is -8.22. The Morgan fingerprint density at radius 1 is 0.580 bits per heavy atom. The zero-order valence-corrected chi connectivity index (χ0v) is 44.8. The lowest BCUT2D eigenvalue weighted by Crippen LogP contribution is -2.60. The van der Waals surface area contributed by atoms with Gasteiger partial charge in [0.25, 0.3) is 0 Å². The van der Waals surface area contributed by atoms with E-state index in [2.05, 4.69) is 36.9 Å². The Morgan fingerprint density at radius 3 is 1.63 bits per heavy atom. The van der Waals surface area contributed by atoms with E-state index in [1.807, 2.05) is 0 Å². The highest BCUT2D eigenvalue weighted by Crippen LogP contribution is 2.21. The number of hydrogen-bond acceptors (Lipinski definition) is 13. The lowest BCUT2D eigenvalue weighted by atomic mass is 10.0. The molecule has 0 aliphatic carbocycles. The van der Waals surface area contributed by atoms with Gasteiger partial charge >= 0.3 is 0 Å². The Labute approximate surface area is 467 Å². The molecule has 4 aromatic carbocycles. The van der Waals surface area contributed by atoms with Crippen molar-refractivity contribution in [1.82, 2.24) is 36.8 Å². The molecule has 25 heteroatoms. The number of aromatic hydroxyl groups is 1. The number of nitrogens with two attached hydrogens (primary N) is 5.